The third-order valence-electron chi connectivity index (χ3n) is 5.77. The van der Waals surface area contributed by atoms with E-state index in [2.05, 4.69) is 9.97 Å². The molecule has 7 nitrogen and oxygen atoms in total. The molecule has 32 heavy (non-hydrogen) atoms. The smallest absolute Gasteiger partial charge is 0.236 e. The van der Waals surface area contributed by atoms with Crippen LogP contribution in [0.3, 0.4) is 0 Å². The zero-order valence-corrected chi connectivity index (χ0v) is 18.7. The summed E-state index contributed by atoms with van der Waals surface area (Å²) in [5.74, 6) is 2.65. The normalized spacial score (nSPS) is 16.3. The number of ether oxygens (including phenoxy) is 1. The lowest BCUT2D eigenvalue weighted by Crippen LogP contribution is -2.43. The highest BCUT2D eigenvalue weighted by Gasteiger charge is 2.28. The van der Waals surface area contributed by atoms with Crippen molar-refractivity contribution in [2.45, 2.75) is 31.7 Å². The summed E-state index contributed by atoms with van der Waals surface area (Å²) >= 11 is 0. The van der Waals surface area contributed by atoms with E-state index in [4.69, 9.17) is 9.15 Å². The maximum Gasteiger partial charge on any atom is 0.236 e. The van der Waals surface area contributed by atoms with E-state index < -0.39 is 0 Å². The number of amides is 1. The molecule has 1 atom stereocenters. The van der Waals surface area contributed by atoms with Gasteiger partial charge in [0, 0.05) is 32.3 Å². The van der Waals surface area contributed by atoms with E-state index in [1.54, 1.807) is 19.5 Å². The van der Waals surface area contributed by atoms with Gasteiger partial charge in [0.2, 0.25) is 5.91 Å². The van der Waals surface area contributed by atoms with Crippen LogP contribution in [0.25, 0.3) is 0 Å². The quantitative estimate of drug-likeness (QED) is 0.540. The first-order valence-corrected chi connectivity index (χ1v) is 11.0. The van der Waals surface area contributed by atoms with Gasteiger partial charge in [-0.1, -0.05) is 18.2 Å². The van der Waals surface area contributed by atoms with Crippen LogP contribution in [0.4, 0.5) is 0 Å². The highest BCUT2D eigenvalue weighted by molar-refractivity contribution is 5.78. The molecule has 1 aliphatic heterocycles. The van der Waals surface area contributed by atoms with Gasteiger partial charge in [0.25, 0.3) is 0 Å². The fourth-order valence-corrected chi connectivity index (χ4v) is 4.14. The van der Waals surface area contributed by atoms with Gasteiger partial charge < -0.3 is 14.1 Å². The number of carbonyl (C=O) groups is 1. The molecule has 1 aromatic carbocycles. The van der Waals surface area contributed by atoms with Crippen LogP contribution in [0.2, 0.25) is 0 Å². The zero-order chi connectivity index (χ0) is 22.3. The summed E-state index contributed by atoms with van der Waals surface area (Å²) in [4.78, 5) is 25.7. The van der Waals surface area contributed by atoms with E-state index in [9.17, 15) is 4.79 Å². The molecular formula is C25H30N4O3. The molecule has 3 heterocycles. The minimum absolute atomic E-state index is 0.132. The van der Waals surface area contributed by atoms with Crippen LogP contribution in [-0.2, 0) is 17.8 Å². The fourth-order valence-electron chi connectivity index (χ4n) is 4.14. The first kappa shape index (κ1) is 22.0. The van der Waals surface area contributed by atoms with E-state index in [-0.39, 0.29) is 11.8 Å². The fraction of sp³-hybridized carbons (Fsp3) is 0.400. The minimum Gasteiger partial charge on any atom is -0.497 e. The van der Waals surface area contributed by atoms with Gasteiger partial charge in [-0.3, -0.25) is 14.7 Å². The maximum atomic E-state index is 12.9. The minimum atomic E-state index is 0.132. The van der Waals surface area contributed by atoms with Crippen LogP contribution in [0.15, 0.2) is 59.3 Å². The molecule has 0 aliphatic carbocycles. The third kappa shape index (κ3) is 5.73. The molecule has 1 saturated heterocycles. The van der Waals surface area contributed by atoms with Crippen molar-refractivity contribution in [3.8, 4) is 5.75 Å². The number of benzene rings is 1. The molecule has 1 aliphatic rings. The van der Waals surface area contributed by atoms with E-state index in [1.807, 2.05) is 59.3 Å². The van der Waals surface area contributed by atoms with E-state index in [1.165, 1.54) is 0 Å². The number of rotatable bonds is 8. The van der Waals surface area contributed by atoms with Crippen molar-refractivity contribution in [1.29, 1.82) is 0 Å². The molecule has 1 amide bonds. The molecule has 0 radical (unpaired) electrons. The Morgan fingerprint density at radius 1 is 1.25 bits per heavy atom. The van der Waals surface area contributed by atoms with Gasteiger partial charge in [-0.2, -0.15) is 0 Å². The summed E-state index contributed by atoms with van der Waals surface area (Å²) in [6, 6.07) is 13.8. The maximum absolute atomic E-state index is 12.9. The van der Waals surface area contributed by atoms with Gasteiger partial charge in [-0.05, 0) is 49.7 Å². The predicted molar refractivity (Wildman–Crippen MR) is 121 cm³/mol. The van der Waals surface area contributed by atoms with E-state index in [0.29, 0.717) is 26.1 Å². The Morgan fingerprint density at radius 3 is 2.97 bits per heavy atom. The molecule has 0 bridgehead atoms. The Bertz CT molecular complexity index is 1020. The van der Waals surface area contributed by atoms with Crippen molar-refractivity contribution < 1.29 is 13.9 Å². The summed E-state index contributed by atoms with van der Waals surface area (Å²) in [6.07, 6.45) is 6.17. The summed E-state index contributed by atoms with van der Waals surface area (Å²) < 4.78 is 11.4. The number of hydrogen-bond acceptors (Lipinski definition) is 6. The largest absolute Gasteiger partial charge is 0.497 e. The number of piperidine rings is 1. The first-order chi connectivity index (χ1) is 15.6. The second kappa shape index (κ2) is 10.4. The number of aromatic nitrogens is 2. The third-order valence-corrected chi connectivity index (χ3v) is 5.77. The molecule has 0 saturated carbocycles. The van der Waals surface area contributed by atoms with Crippen LogP contribution < -0.4 is 4.74 Å². The lowest BCUT2D eigenvalue weighted by Gasteiger charge is -2.32. The van der Waals surface area contributed by atoms with Crippen molar-refractivity contribution >= 4 is 5.91 Å². The van der Waals surface area contributed by atoms with Crippen molar-refractivity contribution in [3.05, 3.63) is 77.8 Å². The Labute approximate surface area is 189 Å². The highest BCUT2D eigenvalue weighted by Crippen LogP contribution is 2.27. The van der Waals surface area contributed by atoms with Crippen LogP contribution in [0.1, 0.15) is 41.7 Å². The number of carbonyl (C=O) groups excluding carboxylic acids is 1. The topological polar surface area (TPSA) is 71.7 Å². The van der Waals surface area contributed by atoms with Gasteiger partial charge >= 0.3 is 0 Å². The molecule has 168 valence electrons. The summed E-state index contributed by atoms with van der Waals surface area (Å²) in [7, 11) is 3.62. The number of pyridine rings is 1. The van der Waals surface area contributed by atoms with Gasteiger partial charge in [-0.15, -0.1) is 0 Å². The van der Waals surface area contributed by atoms with Crippen molar-refractivity contribution in [3.63, 3.8) is 0 Å². The lowest BCUT2D eigenvalue weighted by molar-refractivity contribution is -0.133. The Kier molecular flexibility index (Phi) is 7.17. The molecule has 1 fully saturated rings. The average Bonchev–Trinajstić information content (AvgIpc) is 3.28. The van der Waals surface area contributed by atoms with Gasteiger partial charge in [0.15, 0.2) is 5.89 Å². The van der Waals surface area contributed by atoms with Crippen molar-refractivity contribution in [1.82, 2.24) is 19.8 Å². The zero-order valence-electron chi connectivity index (χ0n) is 18.7. The van der Waals surface area contributed by atoms with Crippen LogP contribution in [0.5, 0.6) is 5.75 Å². The Hall–Kier alpha value is -3.19. The van der Waals surface area contributed by atoms with E-state index >= 15 is 0 Å². The molecular weight excluding hydrogens is 404 g/mol. The molecule has 0 unspecified atom stereocenters. The molecule has 0 spiro atoms. The van der Waals surface area contributed by atoms with Gasteiger partial charge in [0.05, 0.1) is 31.5 Å². The highest BCUT2D eigenvalue weighted by atomic mass is 16.5. The van der Waals surface area contributed by atoms with Crippen molar-refractivity contribution in [2.24, 2.45) is 0 Å². The van der Waals surface area contributed by atoms with Crippen LogP contribution >= 0.6 is 0 Å². The molecule has 7 heteroatoms. The number of methoxy groups -OCH3 is 1. The summed E-state index contributed by atoms with van der Waals surface area (Å²) in [6.45, 7) is 2.45. The first-order valence-electron chi connectivity index (χ1n) is 11.0. The molecule has 3 aromatic rings. The number of nitrogens with zero attached hydrogens (tertiary/aromatic N) is 4. The van der Waals surface area contributed by atoms with Gasteiger partial charge in [0.1, 0.15) is 11.5 Å². The lowest BCUT2D eigenvalue weighted by atomic mass is 9.98. The number of likely N-dealkylation sites (N-methyl/N-ethyl adjacent to an activating group) is 1. The molecule has 2 aromatic heterocycles. The number of likely N-dealkylation sites (tertiary alicyclic amines) is 1. The molecule has 0 N–H and O–H groups in total. The van der Waals surface area contributed by atoms with E-state index in [0.717, 1.165) is 48.0 Å². The van der Waals surface area contributed by atoms with Crippen LogP contribution in [-0.4, -0.2) is 59.5 Å². The SMILES string of the molecule is COc1cccc(Cc2cnc([C@@H]3CCCN(C(=O)CN(C)Cc4ccccn4)C3)o2)c1. The predicted octanol–water partition coefficient (Wildman–Crippen LogP) is 3.51. The second-order valence-electron chi connectivity index (χ2n) is 8.37. The summed E-state index contributed by atoms with van der Waals surface area (Å²) in [5.41, 5.74) is 2.08. The monoisotopic (exact) mass is 434 g/mol. The van der Waals surface area contributed by atoms with Gasteiger partial charge in [-0.25, -0.2) is 4.98 Å². The Balaban J connectivity index is 1.33. The second-order valence-corrected chi connectivity index (χ2v) is 8.37. The number of hydrogen-bond donors (Lipinski definition) is 0. The molecule has 4 rings (SSSR count). The van der Waals surface area contributed by atoms with Crippen molar-refractivity contribution in [2.75, 3.05) is 33.8 Å². The standard InChI is InChI=1S/C25H30N4O3/c1-28(17-21-9-3-4-11-26-21)18-24(30)29-12-6-8-20(16-29)25-27-15-23(32-25)14-19-7-5-10-22(13-19)31-2/h3-5,7,9-11,13,15,20H,6,8,12,14,16-18H2,1-2H3/t20-/m1/s1. The average molecular weight is 435 g/mol. The Morgan fingerprint density at radius 2 is 2.16 bits per heavy atom. The van der Waals surface area contributed by atoms with Crippen LogP contribution in [0, 0.1) is 0 Å². The summed E-state index contributed by atoms with van der Waals surface area (Å²) in [5, 5.41) is 0. The number of oxazole rings is 1.